The topological polar surface area (TPSA) is 49.9 Å². The molecule has 0 aliphatic carbocycles. The Morgan fingerprint density at radius 3 is 2.73 bits per heavy atom. The molecule has 0 bridgehead atoms. The van der Waals surface area contributed by atoms with Crippen molar-refractivity contribution < 1.29 is 14.3 Å². The first-order valence-electron chi connectivity index (χ1n) is 7.55. The molecule has 1 aromatic heterocycles. The number of nitrogens with zero attached hydrogens (tertiary/aromatic N) is 2. The zero-order valence-corrected chi connectivity index (χ0v) is 14.5. The van der Waals surface area contributed by atoms with Crippen LogP contribution in [0.5, 0.6) is 0 Å². The zero-order chi connectivity index (χ0) is 16.3. The van der Waals surface area contributed by atoms with Crippen LogP contribution in [0.2, 0.25) is 0 Å². The quantitative estimate of drug-likeness (QED) is 0.839. The predicted octanol–water partition coefficient (Wildman–Crippen LogP) is 3.22. The Balaban J connectivity index is 1.98. The number of thiophene rings is 1. The molecule has 6 heteroatoms. The standard InChI is InChI=1S/C16H24N2O3S/c1-16(2,3)21-15(20)18-8-5-6-13(10-18)17(4)14(19)12-7-9-22-11-12/h7,9,11,13H,5-6,8,10H2,1-4H3/t13-/m1/s1. The van der Waals surface area contributed by atoms with E-state index in [2.05, 4.69) is 0 Å². The first kappa shape index (κ1) is 16.8. The van der Waals surface area contributed by atoms with Crippen LogP contribution in [0.4, 0.5) is 4.79 Å². The van der Waals surface area contributed by atoms with Crippen molar-refractivity contribution in [3.05, 3.63) is 22.4 Å². The molecule has 0 spiro atoms. The summed E-state index contributed by atoms with van der Waals surface area (Å²) in [4.78, 5) is 28.0. The van der Waals surface area contributed by atoms with Gasteiger partial charge in [-0.15, -0.1) is 0 Å². The number of hydrogen-bond donors (Lipinski definition) is 0. The van der Waals surface area contributed by atoms with Gasteiger partial charge in [0.1, 0.15) is 5.60 Å². The minimum Gasteiger partial charge on any atom is -0.444 e. The lowest BCUT2D eigenvalue weighted by Crippen LogP contribution is -2.51. The van der Waals surface area contributed by atoms with Crippen LogP contribution >= 0.6 is 11.3 Å². The van der Waals surface area contributed by atoms with Crippen molar-refractivity contribution in [2.24, 2.45) is 0 Å². The third-order valence-corrected chi connectivity index (χ3v) is 4.37. The van der Waals surface area contributed by atoms with E-state index in [1.165, 1.54) is 11.3 Å². The van der Waals surface area contributed by atoms with Gasteiger partial charge in [0.25, 0.3) is 5.91 Å². The van der Waals surface area contributed by atoms with Gasteiger partial charge in [0.05, 0.1) is 5.56 Å². The van der Waals surface area contributed by atoms with Crippen LogP contribution in [0, 0.1) is 0 Å². The largest absolute Gasteiger partial charge is 0.444 e. The maximum absolute atomic E-state index is 12.4. The maximum atomic E-state index is 12.4. The Morgan fingerprint density at radius 1 is 1.41 bits per heavy atom. The molecule has 0 radical (unpaired) electrons. The Morgan fingerprint density at radius 2 is 2.14 bits per heavy atom. The number of carbonyl (C=O) groups is 2. The highest BCUT2D eigenvalue weighted by Crippen LogP contribution is 2.20. The van der Waals surface area contributed by atoms with Gasteiger partial charge in [0, 0.05) is 31.6 Å². The molecule has 2 amide bonds. The number of likely N-dealkylation sites (tertiary alicyclic amines) is 1. The molecule has 0 unspecified atom stereocenters. The van der Waals surface area contributed by atoms with Crippen LogP contribution in [0.15, 0.2) is 16.8 Å². The number of rotatable bonds is 2. The molecule has 0 aromatic carbocycles. The van der Waals surface area contributed by atoms with E-state index in [1.54, 1.807) is 9.80 Å². The molecule has 1 saturated heterocycles. The SMILES string of the molecule is CN(C(=O)c1ccsc1)[C@@H]1CCCN(C(=O)OC(C)(C)C)C1. The lowest BCUT2D eigenvalue weighted by molar-refractivity contribution is 0.0123. The molecular formula is C16H24N2O3S. The Labute approximate surface area is 135 Å². The number of likely N-dealkylation sites (N-methyl/N-ethyl adjacent to an activating group) is 1. The minimum absolute atomic E-state index is 0.0114. The van der Waals surface area contributed by atoms with Crippen molar-refractivity contribution in [1.29, 1.82) is 0 Å². The summed E-state index contributed by atoms with van der Waals surface area (Å²) in [5, 5.41) is 3.75. The number of hydrogen-bond acceptors (Lipinski definition) is 4. The normalized spacial score (nSPS) is 18.9. The van der Waals surface area contributed by atoms with Crippen molar-refractivity contribution in [1.82, 2.24) is 9.80 Å². The lowest BCUT2D eigenvalue weighted by Gasteiger charge is -2.38. The second-order valence-corrected chi connectivity index (χ2v) is 7.43. The van der Waals surface area contributed by atoms with Crippen LogP contribution in [0.3, 0.4) is 0 Å². The van der Waals surface area contributed by atoms with Gasteiger partial charge < -0.3 is 14.5 Å². The number of ether oxygens (including phenoxy) is 1. The third kappa shape index (κ3) is 4.22. The summed E-state index contributed by atoms with van der Waals surface area (Å²) in [7, 11) is 1.81. The van der Waals surface area contributed by atoms with Crippen molar-refractivity contribution in [2.45, 2.75) is 45.3 Å². The van der Waals surface area contributed by atoms with Gasteiger partial charge in [-0.2, -0.15) is 11.3 Å². The Hall–Kier alpha value is -1.56. The molecule has 1 aliphatic heterocycles. The molecule has 1 fully saturated rings. The Bertz CT molecular complexity index is 522. The van der Waals surface area contributed by atoms with Crippen molar-refractivity contribution in [3.63, 3.8) is 0 Å². The average molecular weight is 324 g/mol. The molecule has 2 rings (SSSR count). The predicted molar refractivity (Wildman–Crippen MR) is 87.2 cm³/mol. The smallest absolute Gasteiger partial charge is 0.410 e. The van der Waals surface area contributed by atoms with Crippen LogP contribution in [0.1, 0.15) is 44.0 Å². The first-order valence-corrected chi connectivity index (χ1v) is 8.49. The molecular weight excluding hydrogens is 300 g/mol. The first-order chi connectivity index (χ1) is 10.3. The number of amides is 2. The van der Waals surface area contributed by atoms with Crippen LogP contribution in [-0.2, 0) is 4.74 Å². The molecule has 0 N–H and O–H groups in total. The average Bonchev–Trinajstić information content (AvgIpc) is 2.98. The van der Waals surface area contributed by atoms with Crippen LogP contribution in [0.25, 0.3) is 0 Å². The van der Waals surface area contributed by atoms with Gasteiger partial charge in [0.15, 0.2) is 0 Å². The maximum Gasteiger partial charge on any atom is 0.410 e. The van der Waals surface area contributed by atoms with E-state index in [4.69, 9.17) is 4.74 Å². The molecule has 0 saturated carbocycles. The van der Waals surface area contributed by atoms with Crippen molar-refractivity contribution in [2.75, 3.05) is 20.1 Å². The van der Waals surface area contributed by atoms with Gasteiger partial charge in [-0.3, -0.25) is 4.79 Å². The Kier molecular flexibility index (Phi) is 5.11. The van der Waals surface area contributed by atoms with Crippen LogP contribution in [-0.4, -0.2) is 53.6 Å². The van der Waals surface area contributed by atoms with Gasteiger partial charge >= 0.3 is 6.09 Å². The zero-order valence-electron chi connectivity index (χ0n) is 13.7. The number of carbonyl (C=O) groups excluding carboxylic acids is 2. The highest BCUT2D eigenvalue weighted by atomic mass is 32.1. The van der Waals surface area contributed by atoms with Gasteiger partial charge in [-0.05, 0) is 45.1 Å². The molecule has 1 aromatic rings. The second kappa shape index (κ2) is 6.69. The fourth-order valence-electron chi connectivity index (χ4n) is 2.52. The summed E-state index contributed by atoms with van der Waals surface area (Å²) >= 11 is 1.51. The molecule has 1 aliphatic rings. The molecule has 2 heterocycles. The van der Waals surface area contributed by atoms with Gasteiger partial charge in [-0.1, -0.05) is 0 Å². The van der Waals surface area contributed by atoms with E-state index in [0.717, 1.165) is 12.8 Å². The fraction of sp³-hybridized carbons (Fsp3) is 0.625. The van der Waals surface area contributed by atoms with Crippen LogP contribution < -0.4 is 0 Å². The highest BCUT2D eigenvalue weighted by molar-refractivity contribution is 7.08. The van der Waals surface area contributed by atoms with E-state index < -0.39 is 5.60 Å². The summed E-state index contributed by atoms with van der Waals surface area (Å²) in [5.74, 6) is 0.0114. The van der Waals surface area contributed by atoms with E-state index in [0.29, 0.717) is 18.7 Å². The van der Waals surface area contributed by atoms with E-state index in [1.807, 2.05) is 44.6 Å². The monoisotopic (exact) mass is 324 g/mol. The molecule has 5 nitrogen and oxygen atoms in total. The molecule has 1 atom stereocenters. The second-order valence-electron chi connectivity index (χ2n) is 6.65. The van der Waals surface area contributed by atoms with E-state index >= 15 is 0 Å². The van der Waals surface area contributed by atoms with Crippen molar-refractivity contribution >= 4 is 23.3 Å². The van der Waals surface area contributed by atoms with Gasteiger partial charge in [-0.25, -0.2) is 4.79 Å². The highest BCUT2D eigenvalue weighted by Gasteiger charge is 2.31. The fourth-order valence-corrected chi connectivity index (χ4v) is 3.15. The summed E-state index contributed by atoms with van der Waals surface area (Å²) in [6.45, 7) is 6.79. The summed E-state index contributed by atoms with van der Waals surface area (Å²) in [6, 6.07) is 1.87. The van der Waals surface area contributed by atoms with E-state index in [9.17, 15) is 9.59 Å². The lowest BCUT2D eigenvalue weighted by atomic mass is 10.0. The van der Waals surface area contributed by atoms with Gasteiger partial charge in [0.2, 0.25) is 0 Å². The third-order valence-electron chi connectivity index (χ3n) is 3.68. The summed E-state index contributed by atoms with van der Waals surface area (Å²) in [5.41, 5.74) is 0.212. The summed E-state index contributed by atoms with van der Waals surface area (Å²) in [6.07, 6.45) is 1.49. The minimum atomic E-state index is -0.498. The summed E-state index contributed by atoms with van der Waals surface area (Å²) < 4.78 is 5.42. The number of piperidine rings is 1. The molecule has 122 valence electrons. The van der Waals surface area contributed by atoms with E-state index in [-0.39, 0.29) is 18.0 Å². The molecule has 22 heavy (non-hydrogen) atoms. The van der Waals surface area contributed by atoms with Crippen molar-refractivity contribution in [3.8, 4) is 0 Å².